The van der Waals surface area contributed by atoms with Crippen molar-refractivity contribution in [3.63, 3.8) is 0 Å². The third kappa shape index (κ3) is 2.73. The van der Waals surface area contributed by atoms with E-state index in [4.69, 9.17) is 4.74 Å². The molecule has 19 heavy (non-hydrogen) atoms. The molecule has 0 aliphatic carbocycles. The monoisotopic (exact) mass is 259 g/mol. The van der Waals surface area contributed by atoms with Crippen LogP contribution in [0.15, 0.2) is 24.3 Å². The normalized spacial score (nSPS) is 18.7. The van der Waals surface area contributed by atoms with Crippen LogP contribution in [0.25, 0.3) is 11.4 Å². The Hall–Kier alpha value is -1.95. The Labute approximate surface area is 111 Å². The van der Waals surface area contributed by atoms with Gasteiger partial charge >= 0.3 is 0 Å². The SMILES string of the molecule is Cn1nnnc1-c1cccc(NCC2CCOC2)c1. The lowest BCUT2D eigenvalue weighted by Gasteiger charge is -2.11. The number of hydrogen-bond donors (Lipinski definition) is 1. The summed E-state index contributed by atoms with van der Waals surface area (Å²) in [6.07, 6.45) is 1.14. The zero-order valence-electron chi connectivity index (χ0n) is 10.9. The molecule has 1 aliphatic rings. The van der Waals surface area contributed by atoms with Gasteiger partial charge in [-0.25, -0.2) is 4.68 Å². The first-order valence-corrected chi connectivity index (χ1v) is 6.47. The molecule has 1 atom stereocenters. The van der Waals surface area contributed by atoms with Gasteiger partial charge in [-0.15, -0.1) is 5.10 Å². The molecule has 1 saturated heterocycles. The number of hydrogen-bond acceptors (Lipinski definition) is 5. The van der Waals surface area contributed by atoms with E-state index in [1.807, 2.05) is 19.2 Å². The molecule has 0 radical (unpaired) electrons. The molecule has 0 spiro atoms. The van der Waals surface area contributed by atoms with Crippen LogP contribution >= 0.6 is 0 Å². The maximum absolute atomic E-state index is 5.37. The highest BCUT2D eigenvalue weighted by molar-refractivity contribution is 5.62. The third-order valence-corrected chi connectivity index (χ3v) is 3.36. The molecule has 1 aromatic heterocycles. The second-order valence-corrected chi connectivity index (χ2v) is 4.82. The van der Waals surface area contributed by atoms with Crippen LogP contribution in [-0.4, -0.2) is 40.0 Å². The second kappa shape index (κ2) is 5.36. The topological polar surface area (TPSA) is 64.9 Å². The van der Waals surface area contributed by atoms with Gasteiger partial charge in [0.05, 0.1) is 6.61 Å². The third-order valence-electron chi connectivity index (χ3n) is 3.36. The standard InChI is InChI=1S/C13H17N5O/c1-18-13(15-16-17-18)11-3-2-4-12(7-11)14-8-10-5-6-19-9-10/h2-4,7,10,14H,5-6,8-9H2,1H3. The van der Waals surface area contributed by atoms with E-state index < -0.39 is 0 Å². The summed E-state index contributed by atoms with van der Waals surface area (Å²) < 4.78 is 7.04. The Balaban J connectivity index is 1.71. The molecule has 1 unspecified atom stereocenters. The zero-order valence-corrected chi connectivity index (χ0v) is 10.9. The highest BCUT2D eigenvalue weighted by Gasteiger charge is 2.15. The van der Waals surface area contributed by atoms with E-state index in [0.717, 1.165) is 43.3 Å². The molecule has 0 bridgehead atoms. The first-order chi connectivity index (χ1) is 9.33. The lowest BCUT2D eigenvalue weighted by Crippen LogP contribution is -2.14. The van der Waals surface area contributed by atoms with Crippen molar-refractivity contribution in [3.8, 4) is 11.4 Å². The van der Waals surface area contributed by atoms with Gasteiger partial charge in [0.2, 0.25) is 0 Å². The quantitative estimate of drug-likeness (QED) is 0.897. The van der Waals surface area contributed by atoms with Crippen LogP contribution in [0, 0.1) is 5.92 Å². The maximum atomic E-state index is 5.37. The Bertz CT molecular complexity index is 547. The Kier molecular flexibility index (Phi) is 3.41. The van der Waals surface area contributed by atoms with Crippen LogP contribution in [0.3, 0.4) is 0 Å². The summed E-state index contributed by atoms with van der Waals surface area (Å²) in [5.41, 5.74) is 2.10. The minimum atomic E-state index is 0.611. The number of nitrogens with zero attached hydrogens (tertiary/aromatic N) is 4. The van der Waals surface area contributed by atoms with E-state index >= 15 is 0 Å². The molecule has 6 nitrogen and oxygen atoms in total. The van der Waals surface area contributed by atoms with Crippen molar-refractivity contribution in [1.29, 1.82) is 0 Å². The van der Waals surface area contributed by atoms with Gasteiger partial charge in [-0.2, -0.15) is 0 Å². The lowest BCUT2D eigenvalue weighted by atomic mass is 10.1. The van der Waals surface area contributed by atoms with E-state index in [2.05, 4.69) is 33.0 Å². The number of rotatable bonds is 4. The highest BCUT2D eigenvalue weighted by atomic mass is 16.5. The lowest BCUT2D eigenvalue weighted by molar-refractivity contribution is 0.187. The van der Waals surface area contributed by atoms with Crippen molar-refractivity contribution in [3.05, 3.63) is 24.3 Å². The summed E-state index contributed by atoms with van der Waals surface area (Å²) in [4.78, 5) is 0. The fraction of sp³-hybridized carbons (Fsp3) is 0.462. The molecule has 0 amide bonds. The predicted molar refractivity (Wildman–Crippen MR) is 71.6 cm³/mol. The van der Waals surface area contributed by atoms with E-state index in [0.29, 0.717) is 5.92 Å². The zero-order chi connectivity index (χ0) is 13.1. The van der Waals surface area contributed by atoms with Crippen LogP contribution in [0.1, 0.15) is 6.42 Å². The van der Waals surface area contributed by atoms with Crippen molar-refractivity contribution in [2.75, 3.05) is 25.1 Å². The van der Waals surface area contributed by atoms with Crippen LogP contribution in [0.2, 0.25) is 0 Å². The molecular formula is C13H17N5O. The maximum Gasteiger partial charge on any atom is 0.181 e. The van der Waals surface area contributed by atoms with E-state index in [-0.39, 0.29) is 0 Å². The van der Waals surface area contributed by atoms with Gasteiger partial charge in [0, 0.05) is 37.4 Å². The highest BCUT2D eigenvalue weighted by Crippen LogP contribution is 2.20. The average Bonchev–Trinajstić information content (AvgIpc) is 3.08. The first-order valence-electron chi connectivity index (χ1n) is 6.47. The molecule has 2 heterocycles. The Morgan fingerprint density at radius 3 is 3.16 bits per heavy atom. The number of nitrogens with one attached hydrogen (secondary N) is 1. The van der Waals surface area contributed by atoms with Gasteiger partial charge in [0.1, 0.15) is 0 Å². The van der Waals surface area contributed by atoms with E-state index in [1.54, 1.807) is 4.68 Å². The molecule has 1 aromatic carbocycles. The van der Waals surface area contributed by atoms with E-state index in [9.17, 15) is 0 Å². The van der Waals surface area contributed by atoms with Crippen molar-refractivity contribution in [1.82, 2.24) is 20.2 Å². The minimum Gasteiger partial charge on any atom is -0.385 e. The van der Waals surface area contributed by atoms with E-state index in [1.165, 1.54) is 0 Å². The smallest absolute Gasteiger partial charge is 0.181 e. The Morgan fingerprint density at radius 2 is 2.42 bits per heavy atom. The number of ether oxygens (including phenoxy) is 1. The van der Waals surface area contributed by atoms with Crippen LogP contribution in [0.4, 0.5) is 5.69 Å². The number of aryl methyl sites for hydroxylation is 1. The number of anilines is 1. The summed E-state index contributed by atoms with van der Waals surface area (Å²) in [6.45, 7) is 2.69. The fourth-order valence-corrected chi connectivity index (χ4v) is 2.25. The summed E-state index contributed by atoms with van der Waals surface area (Å²) in [7, 11) is 1.84. The molecule has 1 aliphatic heterocycles. The van der Waals surface area contributed by atoms with Crippen molar-refractivity contribution in [2.45, 2.75) is 6.42 Å². The molecule has 3 rings (SSSR count). The van der Waals surface area contributed by atoms with Gasteiger partial charge in [-0.3, -0.25) is 0 Å². The first kappa shape index (κ1) is 12.1. The molecule has 1 N–H and O–H groups in total. The van der Waals surface area contributed by atoms with Gasteiger partial charge < -0.3 is 10.1 Å². The summed E-state index contributed by atoms with van der Waals surface area (Å²) in [5.74, 6) is 1.38. The fourth-order valence-electron chi connectivity index (χ4n) is 2.25. The van der Waals surface area contributed by atoms with Gasteiger partial charge in [-0.1, -0.05) is 12.1 Å². The predicted octanol–water partition coefficient (Wildman–Crippen LogP) is 1.33. The minimum absolute atomic E-state index is 0.611. The van der Waals surface area contributed by atoms with Crippen molar-refractivity contribution < 1.29 is 4.74 Å². The molecule has 1 fully saturated rings. The van der Waals surface area contributed by atoms with Crippen molar-refractivity contribution in [2.24, 2.45) is 13.0 Å². The summed E-state index contributed by atoms with van der Waals surface area (Å²) >= 11 is 0. The van der Waals surface area contributed by atoms with Crippen molar-refractivity contribution >= 4 is 5.69 Å². The summed E-state index contributed by atoms with van der Waals surface area (Å²) in [5, 5.41) is 15.0. The van der Waals surface area contributed by atoms with Gasteiger partial charge in [0.15, 0.2) is 5.82 Å². The second-order valence-electron chi connectivity index (χ2n) is 4.82. The number of aromatic nitrogens is 4. The van der Waals surface area contributed by atoms with Gasteiger partial charge in [-0.05, 0) is 29.0 Å². The largest absolute Gasteiger partial charge is 0.385 e. The Morgan fingerprint density at radius 1 is 1.47 bits per heavy atom. The number of tetrazole rings is 1. The molecule has 100 valence electrons. The number of benzene rings is 1. The molecule has 6 heteroatoms. The summed E-state index contributed by atoms with van der Waals surface area (Å²) in [6, 6.07) is 8.15. The molecular weight excluding hydrogens is 242 g/mol. The van der Waals surface area contributed by atoms with Gasteiger partial charge in [0.25, 0.3) is 0 Å². The average molecular weight is 259 g/mol. The molecule has 0 saturated carbocycles. The van der Waals surface area contributed by atoms with Crippen LogP contribution in [0.5, 0.6) is 0 Å². The van der Waals surface area contributed by atoms with Crippen LogP contribution < -0.4 is 5.32 Å². The van der Waals surface area contributed by atoms with Crippen LogP contribution in [-0.2, 0) is 11.8 Å². The molecule has 2 aromatic rings.